The van der Waals surface area contributed by atoms with Crippen molar-refractivity contribution in [2.24, 2.45) is 11.8 Å². The first-order valence-electron chi connectivity index (χ1n) is 27.7. The van der Waals surface area contributed by atoms with E-state index in [2.05, 4.69) is 19.7 Å². The van der Waals surface area contributed by atoms with Crippen molar-refractivity contribution in [2.75, 3.05) is 41.2 Å². The number of benzene rings is 3. The summed E-state index contributed by atoms with van der Waals surface area (Å²) in [5, 5.41) is 10.6. The second-order valence-electron chi connectivity index (χ2n) is 22.5. The number of esters is 2. The summed E-state index contributed by atoms with van der Waals surface area (Å²) in [6.45, 7) is 28.4. The summed E-state index contributed by atoms with van der Waals surface area (Å²) in [4.78, 5) is 23.3. The van der Waals surface area contributed by atoms with E-state index < -0.39 is 151 Å². The Morgan fingerprint density at radius 1 is 0.506 bits per heavy atom. The Morgan fingerprint density at radius 2 is 0.828 bits per heavy atom. The third-order valence-corrected chi connectivity index (χ3v) is 19.2. The highest BCUT2D eigenvalue weighted by atomic mass is 32.2. The maximum Gasteiger partial charge on any atom is 0.305 e. The Morgan fingerprint density at radius 3 is 1.15 bits per heavy atom. The second-order valence-corrected chi connectivity index (χ2v) is 27.3. The van der Waals surface area contributed by atoms with Gasteiger partial charge < -0.3 is 61.9 Å². The van der Waals surface area contributed by atoms with Crippen LogP contribution < -0.4 is 0 Å². The molecule has 484 valence electrons. The molecule has 1 N–H and O–H groups in total. The highest BCUT2D eigenvalue weighted by molar-refractivity contribution is 7.87. The molecule has 27 heteroatoms. The van der Waals surface area contributed by atoms with E-state index in [1.165, 1.54) is 83.7 Å². The summed E-state index contributed by atoms with van der Waals surface area (Å²) in [5.74, 6) is -3.86. The van der Waals surface area contributed by atoms with Crippen LogP contribution in [-0.2, 0) is 109 Å². The molecule has 0 saturated carbocycles. The lowest BCUT2D eigenvalue weighted by Gasteiger charge is -2.38. The summed E-state index contributed by atoms with van der Waals surface area (Å²) >= 11 is 0. The molecule has 15 atom stereocenters. The molecule has 5 heterocycles. The number of carbonyl (C=O) groups excluding carboxylic acids is 2. The minimum Gasteiger partial charge on any atom is -0.453 e. The van der Waals surface area contributed by atoms with Crippen LogP contribution in [0.3, 0.4) is 0 Å². The molecular weight excluding hydrogens is 1200 g/mol. The van der Waals surface area contributed by atoms with E-state index in [1.54, 1.807) is 77.1 Å². The molecule has 3 aromatic rings. The zero-order valence-corrected chi connectivity index (χ0v) is 53.8. The van der Waals surface area contributed by atoms with E-state index in [0.717, 1.165) is 16.7 Å². The van der Waals surface area contributed by atoms with Gasteiger partial charge in [-0.1, -0.05) is 85.2 Å². The SMILES string of the molecule is C=C[C@H](C)[C@@]1(COS(=O)(=O)c2ccc(C)cc2)OC(OC(C)=O)[C@H](OC(C)=O)[C@@H]1OC.C=C[C@H](C)[C@@]1(COS(=O)(=O)c2ccc(C)cc2)O[C@@H]2OC(C)(C)O[C@@H]2[C@@H]1OC.C=C[C@H](O)[C@@]1(COS(=O)(=O)c2ccc(C)cc2)O[C@@H]2OC(C)(C)O[C@@H]2[C@@H]1OC. The van der Waals surface area contributed by atoms with Gasteiger partial charge in [0.2, 0.25) is 6.29 Å². The van der Waals surface area contributed by atoms with Crippen LogP contribution in [0.15, 0.2) is 125 Å². The Bertz CT molecular complexity index is 3090. The van der Waals surface area contributed by atoms with Crippen LogP contribution >= 0.6 is 0 Å². The molecule has 5 fully saturated rings. The molecule has 0 bridgehead atoms. The Kier molecular flexibility index (Phi) is 23.0. The van der Waals surface area contributed by atoms with Crippen molar-refractivity contribution in [3.8, 4) is 0 Å². The maximum atomic E-state index is 12.8. The highest BCUT2D eigenvalue weighted by Gasteiger charge is 2.67. The quantitative estimate of drug-likeness (QED) is 0.0608. The molecule has 5 aliphatic rings. The fourth-order valence-corrected chi connectivity index (χ4v) is 13.5. The first kappa shape index (κ1) is 71.2. The van der Waals surface area contributed by atoms with E-state index >= 15 is 0 Å². The van der Waals surface area contributed by atoms with Gasteiger partial charge in [-0.2, -0.15) is 25.3 Å². The van der Waals surface area contributed by atoms with Crippen LogP contribution in [-0.4, -0.2) is 173 Å². The lowest BCUT2D eigenvalue weighted by Crippen LogP contribution is -2.57. The molecule has 0 radical (unpaired) electrons. The van der Waals surface area contributed by atoms with E-state index in [-0.39, 0.29) is 27.2 Å². The number of fused-ring (bicyclic) bond motifs is 2. The molecule has 0 spiro atoms. The topological polar surface area (TPSA) is 295 Å². The van der Waals surface area contributed by atoms with Crippen molar-refractivity contribution in [3.63, 3.8) is 0 Å². The molecule has 5 aliphatic heterocycles. The summed E-state index contributed by atoms with van der Waals surface area (Å²) in [6, 6.07) is 18.9. The smallest absolute Gasteiger partial charge is 0.305 e. The van der Waals surface area contributed by atoms with Crippen LogP contribution in [0.1, 0.15) is 72.1 Å². The van der Waals surface area contributed by atoms with E-state index in [4.69, 9.17) is 69.4 Å². The highest BCUT2D eigenvalue weighted by Crippen LogP contribution is 2.49. The van der Waals surface area contributed by atoms with Gasteiger partial charge in [-0.3, -0.25) is 22.1 Å². The van der Waals surface area contributed by atoms with Crippen molar-refractivity contribution in [1.82, 2.24) is 0 Å². The lowest BCUT2D eigenvalue weighted by atomic mass is 9.83. The predicted molar refractivity (Wildman–Crippen MR) is 310 cm³/mol. The van der Waals surface area contributed by atoms with Crippen LogP contribution in [0.2, 0.25) is 0 Å². The zero-order valence-electron chi connectivity index (χ0n) is 51.4. The number of aliphatic hydroxyl groups is 1. The first-order valence-corrected chi connectivity index (χ1v) is 31.9. The van der Waals surface area contributed by atoms with Gasteiger partial charge in [0.05, 0.1) is 27.9 Å². The number of ether oxygens (including phenoxy) is 12. The number of methoxy groups -OCH3 is 3. The monoisotopic (exact) mass is 1280 g/mol. The molecule has 8 rings (SSSR count). The van der Waals surface area contributed by atoms with Crippen LogP contribution in [0.25, 0.3) is 0 Å². The molecule has 24 nitrogen and oxygen atoms in total. The van der Waals surface area contributed by atoms with Gasteiger partial charge in [-0.15, -0.1) is 19.7 Å². The number of aliphatic hydroxyl groups excluding tert-OH is 1. The van der Waals surface area contributed by atoms with E-state index in [1.807, 2.05) is 27.7 Å². The fourth-order valence-electron chi connectivity index (χ4n) is 10.7. The average molecular weight is 1280 g/mol. The summed E-state index contributed by atoms with van der Waals surface area (Å²) in [5.41, 5.74) is -1.41. The average Bonchev–Trinajstić information content (AvgIpc) is 1.61. The molecule has 5 saturated heterocycles. The molecule has 0 aromatic heterocycles. The molecule has 0 aliphatic carbocycles. The summed E-state index contributed by atoms with van der Waals surface area (Å²) in [7, 11) is -7.90. The minimum absolute atomic E-state index is 0.00198. The van der Waals surface area contributed by atoms with Crippen LogP contribution in [0.5, 0.6) is 0 Å². The number of carbonyl (C=O) groups is 2. The van der Waals surface area contributed by atoms with Gasteiger partial charge >= 0.3 is 11.9 Å². The normalized spacial score (nSPS) is 30.7. The predicted octanol–water partition coefficient (Wildman–Crippen LogP) is 6.42. The molecule has 0 amide bonds. The number of hydrogen-bond acceptors (Lipinski definition) is 24. The minimum atomic E-state index is -4.14. The Balaban J connectivity index is 0.000000209. The lowest BCUT2D eigenvalue weighted by molar-refractivity contribution is -0.261. The number of aryl methyl sites for hydroxylation is 3. The van der Waals surface area contributed by atoms with Crippen LogP contribution in [0, 0.1) is 32.6 Å². The maximum absolute atomic E-state index is 12.8. The third kappa shape index (κ3) is 15.8. The van der Waals surface area contributed by atoms with Gasteiger partial charge in [-0.25, -0.2) is 0 Å². The van der Waals surface area contributed by atoms with E-state index in [9.17, 15) is 39.9 Å². The van der Waals surface area contributed by atoms with Gasteiger partial charge in [0.1, 0.15) is 54.4 Å². The molecular formula is C60H82O24S3. The van der Waals surface area contributed by atoms with Crippen LogP contribution in [0.4, 0.5) is 0 Å². The largest absolute Gasteiger partial charge is 0.453 e. The van der Waals surface area contributed by atoms with E-state index in [0.29, 0.717) is 0 Å². The van der Waals surface area contributed by atoms with Gasteiger partial charge in [0.25, 0.3) is 30.4 Å². The molecule has 3 aromatic carbocycles. The number of rotatable bonds is 23. The summed E-state index contributed by atoms with van der Waals surface area (Å²) < 4.78 is 161. The second kappa shape index (κ2) is 28.1. The van der Waals surface area contributed by atoms with Gasteiger partial charge in [0, 0.05) is 47.0 Å². The van der Waals surface area contributed by atoms with Crippen molar-refractivity contribution in [2.45, 2.75) is 181 Å². The van der Waals surface area contributed by atoms with Gasteiger partial charge in [-0.05, 0) is 84.9 Å². The fraction of sp³-hybridized carbons (Fsp3) is 0.567. The van der Waals surface area contributed by atoms with Crippen molar-refractivity contribution in [1.29, 1.82) is 0 Å². The first-order chi connectivity index (χ1) is 40.5. The number of hydrogen-bond donors (Lipinski definition) is 1. The zero-order chi connectivity index (χ0) is 64.9. The Labute approximate surface area is 510 Å². The third-order valence-electron chi connectivity index (χ3n) is 15.4. The molecule has 87 heavy (non-hydrogen) atoms. The van der Waals surface area contributed by atoms with Crippen molar-refractivity contribution < 1.29 is 109 Å². The van der Waals surface area contributed by atoms with Gasteiger partial charge in [0.15, 0.2) is 35.9 Å². The van der Waals surface area contributed by atoms with Crippen molar-refractivity contribution in [3.05, 3.63) is 127 Å². The summed E-state index contributed by atoms with van der Waals surface area (Å²) in [6.07, 6.45) is -4.47. The Hall–Kier alpha value is -4.89. The standard InChI is InChI=1S/C21H28O9S.C20H28O7S.C19H26O8S/c1-7-14(3)21(12-27-31(24,25)17-10-8-13(2)9-11-17)19(26-6)18(28-15(4)22)20(30-21)29-16(5)23;1-7-14(3)20(12-24-28(21,22)15-10-8-13(2)9-11-15)17(23-6)16-18(27-20)26-19(4,5)25-16;1-6-14(20)19(11-24-28(21,22)13-9-7-12(2)8-10-13)16(23-5)15-17(27-19)26-18(3,4)25-15/h7-11,14,18-20H,1,12H2,2-6H3;7-11,14,16-18H,1,12H2,2-6H3;6-10,14-17,20H,1,11H2,2-5H3/t14-,18+,19-,20?,21+;14-,16+,17-,18-,20+;14-,15+,16-,17-,19+/m000/s1. The molecule has 1 unspecified atom stereocenters. The van der Waals surface area contributed by atoms with Crippen molar-refractivity contribution >= 4 is 42.3 Å².